The first-order valence-electron chi connectivity index (χ1n) is 10.8. The van der Waals surface area contributed by atoms with Crippen molar-refractivity contribution in [3.05, 3.63) is 52.9 Å². The summed E-state index contributed by atoms with van der Waals surface area (Å²) >= 11 is 1.46. The Bertz CT molecular complexity index is 1180. The van der Waals surface area contributed by atoms with E-state index in [-0.39, 0.29) is 23.8 Å². The summed E-state index contributed by atoms with van der Waals surface area (Å²) in [6.07, 6.45) is 0.998. The van der Waals surface area contributed by atoms with Crippen molar-refractivity contribution in [3.8, 4) is 10.4 Å². The molecule has 2 heterocycles. The molecular weight excluding hydrogens is 467 g/mol. The van der Waals surface area contributed by atoms with Gasteiger partial charge in [-0.05, 0) is 67.9 Å². The van der Waals surface area contributed by atoms with Crippen molar-refractivity contribution in [2.45, 2.75) is 44.8 Å². The maximum atomic E-state index is 13.0. The number of hydrogen-bond acceptors (Lipinski definition) is 7. The third kappa shape index (κ3) is 5.53. The van der Waals surface area contributed by atoms with E-state index in [1.807, 2.05) is 13.0 Å². The summed E-state index contributed by atoms with van der Waals surface area (Å²) in [4.78, 5) is 24.0. The van der Waals surface area contributed by atoms with E-state index in [1.54, 1.807) is 18.3 Å². The van der Waals surface area contributed by atoms with Gasteiger partial charge in [-0.25, -0.2) is 15.0 Å². The van der Waals surface area contributed by atoms with Gasteiger partial charge in [-0.3, -0.25) is 4.79 Å². The maximum Gasteiger partial charge on any atom is 0.433 e. The molecule has 1 fully saturated rings. The Labute approximate surface area is 198 Å². The number of nitrogens with one attached hydrogen (secondary N) is 1. The number of aryl methyl sites for hydroxylation is 1. The lowest BCUT2D eigenvalue weighted by atomic mass is 9.79. The Kier molecular flexibility index (Phi) is 6.85. The number of thiazole rings is 1. The normalized spacial score (nSPS) is 19.6. The van der Waals surface area contributed by atoms with Gasteiger partial charge in [0.05, 0.1) is 16.8 Å². The minimum atomic E-state index is -4.55. The summed E-state index contributed by atoms with van der Waals surface area (Å²) in [6.45, 7) is 1.89. The van der Waals surface area contributed by atoms with Gasteiger partial charge in [0.15, 0.2) is 0 Å². The highest BCUT2D eigenvalue weighted by Crippen LogP contribution is 2.39. The molecule has 1 atom stereocenters. The largest absolute Gasteiger partial charge is 0.481 e. The van der Waals surface area contributed by atoms with Gasteiger partial charge in [0, 0.05) is 18.1 Å². The standard InChI is InChI=1S/C23H24F3N5O2S/c1-12-8-15(10-16(9-12)30-22-28-7-6-18(31-22)23(24,25)26)17-11-29-20(34-17)19(27)13-2-4-14(5-3-13)21(32)33/h6-11,13-14,19H,2-5,27H2,1H3,(H,32,33)(H,28,30,31). The molecule has 7 nitrogen and oxygen atoms in total. The van der Waals surface area contributed by atoms with Gasteiger partial charge in [0.2, 0.25) is 5.95 Å². The molecule has 0 amide bonds. The quantitative estimate of drug-likeness (QED) is 0.413. The topological polar surface area (TPSA) is 114 Å². The van der Waals surface area contributed by atoms with Crippen molar-refractivity contribution in [3.63, 3.8) is 0 Å². The van der Waals surface area contributed by atoms with Crippen LogP contribution in [0.15, 0.2) is 36.7 Å². The second kappa shape index (κ2) is 9.67. The Balaban J connectivity index is 1.50. The Hall–Kier alpha value is -3.05. The molecule has 0 aliphatic heterocycles. The summed E-state index contributed by atoms with van der Waals surface area (Å²) in [5.74, 6) is -1.00. The lowest BCUT2D eigenvalue weighted by Gasteiger charge is -2.29. The smallest absolute Gasteiger partial charge is 0.433 e. The fourth-order valence-electron chi connectivity index (χ4n) is 4.21. The third-order valence-electron chi connectivity index (χ3n) is 6.00. The molecule has 1 saturated carbocycles. The minimum Gasteiger partial charge on any atom is -0.481 e. The highest BCUT2D eigenvalue weighted by Gasteiger charge is 2.33. The third-order valence-corrected chi connectivity index (χ3v) is 7.15. The van der Waals surface area contributed by atoms with Crippen LogP contribution in [-0.4, -0.2) is 26.0 Å². The molecule has 34 heavy (non-hydrogen) atoms. The molecule has 180 valence electrons. The van der Waals surface area contributed by atoms with Gasteiger partial charge >= 0.3 is 12.1 Å². The van der Waals surface area contributed by atoms with Crippen LogP contribution in [0.3, 0.4) is 0 Å². The molecule has 11 heteroatoms. The van der Waals surface area contributed by atoms with E-state index >= 15 is 0 Å². The lowest BCUT2D eigenvalue weighted by Crippen LogP contribution is -2.28. The molecule has 3 aromatic rings. The van der Waals surface area contributed by atoms with E-state index in [0.717, 1.165) is 46.1 Å². The van der Waals surface area contributed by atoms with E-state index in [4.69, 9.17) is 5.73 Å². The highest BCUT2D eigenvalue weighted by atomic mass is 32.1. The zero-order valence-corrected chi connectivity index (χ0v) is 19.2. The molecule has 1 aromatic carbocycles. The molecule has 4 N–H and O–H groups in total. The number of aliphatic carboxylic acids is 1. The Morgan fingerprint density at radius 3 is 2.62 bits per heavy atom. The highest BCUT2D eigenvalue weighted by molar-refractivity contribution is 7.15. The number of anilines is 2. The van der Waals surface area contributed by atoms with Crippen molar-refractivity contribution in [1.29, 1.82) is 0 Å². The molecule has 0 bridgehead atoms. The van der Waals surface area contributed by atoms with Crippen molar-refractivity contribution in [1.82, 2.24) is 15.0 Å². The molecular formula is C23H24F3N5O2S. The van der Waals surface area contributed by atoms with Gasteiger partial charge < -0.3 is 16.2 Å². The van der Waals surface area contributed by atoms with Crippen LogP contribution in [0.4, 0.5) is 24.8 Å². The lowest BCUT2D eigenvalue weighted by molar-refractivity contribution is -0.143. The molecule has 1 aliphatic rings. The first kappa shape index (κ1) is 24.1. The number of nitrogens with zero attached hydrogens (tertiary/aromatic N) is 3. The average molecular weight is 492 g/mol. The summed E-state index contributed by atoms with van der Waals surface area (Å²) in [6, 6.07) is 6.11. The second-order valence-electron chi connectivity index (χ2n) is 8.51. The van der Waals surface area contributed by atoms with E-state index in [2.05, 4.69) is 20.3 Å². The Morgan fingerprint density at radius 2 is 1.94 bits per heavy atom. The van der Waals surface area contributed by atoms with Crippen LogP contribution >= 0.6 is 11.3 Å². The maximum absolute atomic E-state index is 13.0. The SMILES string of the molecule is Cc1cc(Nc2nccc(C(F)(F)F)n2)cc(-c2cnc(C(N)C3CCC(C(=O)O)CC3)s2)c1. The van der Waals surface area contributed by atoms with E-state index in [0.29, 0.717) is 18.5 Å². The van der Waals surface area contributed by atoms with Gasteiger partial charge in [-0.1, -0.05) is 6.07 Å². The molecule has 1 unspecified atom stereocenters. The number of hydrogen-bond donors (Lipinski definition) is 3. The van der Waals surface area contributed by atoms with Crippen molar-refractivity contribution in [2.24, 2.45) is 17.6 Å². The minimum absolute atomic E-state index is 0.143. The zero-order chi connectivity index (χ0) is 24.5. The number of carboxylic acid groups (broad SMARTS) is 1. The number of nitrogens with two attached hydrogens (primary N) is 1. The van der Waals surface area contributed by atoms with E-state index < -0.39 is 17.8 Å². The summed E-state index contributed by atoms with van der Waals surface area (Å²) in [5, 5.41) is 12.8. The molecule has 2 aromatic heterocycles. The number of carboxylic acids is 1. The van der Waals surface area contributed by atoms with Gasteiger partial charge in [-0.2, -0.15) is 13.2 Å². The number of alkyl halides is 3. The van der Waals surface area contributed by atoms with Crippen molar-refractivity contribution < 1.29 is 23.1 Å². The van der Waals surface area contributed by atoms with Gasteiger partial charge in [0.25, 0.3) is 0 Å². The van der Waals surface area contributed by atoms with Gasteiger partial charge in [0.1, 0.15) is 10.7 Å². The van der Waals surface area contributed by atoms with Crippen LogP contribution in [0.5, 0.6) is 0 Å². The first-order valence-corrected chi connectivity index (χ1v) is 11.6. The molecule has 0 spiro atoms. The van der Waals surface area contributed by atoms with Crippen LogP contribution in [0, 0.1) is 18.8 Å². The predicted octanol–water partition coefficient (Wildman–Crippen LogP) is 5.56. The fourth-order valence-corrected chi connectivity index (χ4v) is 5.21. The van der Waals surface area contributed by atoms with Crippen LogP contribution < -0.4 is 11.1 Å². The number of carbonyl (C=O) groups is 1. The zero-order valence-electron chi connectivity index (χ0n) is 18.3. The van der Waals surface area contributed by atoms with E-state index in [1.165, 1.54) is 11.3 Å². The summed E-state index contributed by atoms with van der Waals surface area (Å²) in [7, 11) is 0. The van der Waals surface area contributed by atoms with Gasteiger partial charge in [-0.15, -0.1) is 11.3 Å². The average Bonchev–Trinajstić information content (AvgIpc) is 3.28. The monoisotopic (exact) mass is 491 g/mol. The van der Waals surface area contributed by atoms with E-state index in [9.17, 15) is 23.1 Å². The van der Waals surface area contributed by atoms with Crippen molar-refractivity contribution >= 4 is 28.9 Å². The summed E-state index contributed by atoms with van der Waals surface area (Å²) < 4.78 is 38.9. The number of halogens is 3. The van der Waals surface area contributed by atoms with Crippen LogP contribution in [0.25, 0.3) is 10.4 Å². The predicted molar refractivity (Wildman–Crippen MR) is 123 cm³/mol. The number of rotatable bonds is 6. The van der Waals surface area contributed by atoms with Crippen LogP contribution in [-0.2, 0) is 11.0 Å². The van der Waals surface area contributed by atoms with Crippen LogP contribution in [0.1, 0.15) is 48.0 Å². The second-order valence-corrected chi connectivity index (χ2v) is 9.58. The number of aromatic nitrogens is 3. The molecule has 0 radical (unpaired) electrons. The summed E-state index contributed by atoms with van der Waals surface area (Å²) in [5.41, 5.74) is 7.76. The molecule has 1 aliphatic carbocycles. The molecule has 4 rings (SSSR count). The fraction of sp³-hybridized carbons (Fsp3) is 0.391. The van der Waals surface area contributed by atoms with Crippen LogP contribution in [0.2, 0.25) is 0 Å². The Morgan fingerprint density at radius 1 is 1.21 bits per heavy atom. The first-order chi connectivity index (χ1) is 16.1. The van der Waals surface area contributed by atoms with Crippen molar-refractivity contribution in [2.75, 3.05) is 5.32 Å². The molecule has 0 saturated heterocycles. The number of benzene rings is 1.